The first-order valence-electron chi connectivity index (χ1n) is 6.99. The number of phosphoric acid groups is 1. The first-order chi connectivity index (χ1) is 12.2. The zero-order valence-corrected chi connectivity index (χ0v) is 17.2. The number of carboxylic acids is 1. The van der Waals surface area contributed by atoms with Crippen molar-refractivity contribution >= 4 is 49.0 Å². The summed E-state index contributed by atoms with van der Waals surface area (Å²) in [7, 11) is -5.14. The monoisotopic (exact) mass is 433 g/mol. The number of aldehydes is 1. The molecule has 154 valence electrons. The van der Waals surface area contributed by atoms with Gasteiger partial charge in [0, 0.05) is 18.2 Å². The predicted molar refractivity (Wildman–Crippen MR) is 91.6 cm³/mol. The number of aromatic hydroxyl groups is 1. The number of aryl methyl sites for hydroxylation is 1. The Morgan fingerprint density at radius 3 is 2.18 bits per heavy atom. The Labute approximate surface area is 175 Å². The minimum atomic E-state index is -5.14. The molecular formula is C13H20MgN3O10P. The van der Waals surface area contributed by atoms with Crippen LogP contribution in [-0.2, 0) is 20.8 Å². The van der Waals surface area contributed by atoms with Crippen LogP contribution in [0.2, 0.25) is 0 Å². The van der Waals surface area contributed by atoms with Crippen LogP contribution in [0.15, 0.2) is 6.20 Å². The van der Waals surface area contributed by atoms with Crippen molar-refractivity contribution in [2.45, 2.75) is 32.4 Å². The van der Waals surface area contributed by atoms with Crippen LogP contribution in [0.25, 0.3) is 0 Å². The summed E-state index contributed by atoms with van der Waals surface area (Å²) < 4.78 is 8.66. The number of rotatable bonds is 6. The number of carbonyl (C=O) groups is 3. The number of aromatic nitrogens is 1. The van der Waals surface area contributed by atoms with Gasteiger partial charge < -0.3 is 46.0 Å². The number of aliphatic carboxylic acids is 1. The summed E-state index contributed by atoms with van der Waals surface area (Å²) in [6.45, 7) is 1.29. The van der Waals surface area contributed by atoms with Crippen molar-refractivity contribution < 1.29 is 48.9 Å². The van der Waals surface area contributed by atoms with Crippen molar-refractivity contribution in [3.63, 3.8) is 0 Å². The van der Waals surface area contributed by atoms with Crippen LogP contribution in [-0.4, -0.2) is 72.5 Å². The normalized spacial score (nSPS) is 10.8. The molecule has 0 aliphatic carbocycles. The van der Waals surface area contributed by atoms with Crippen LogP contribution < -0.4 is 21.3 Å². The maximum Gasteiger partial charge on any atom is 2.00 e. The Morgan fingerprint density at radius 2 is 1.86 bits per heavy atom. The number of carbonyl (C=O) groups excluding carboxylic acids is 2. The van der Waals surface area contributed by atoms with Gasteiger partial charge in [-0.25, -0.2) is 0 Å². The molecule has 1 aromatic rings. The molecule has 1 heterocycles. The Kier molecular flexibility index (Phi) is 17.0. The third kappa shape index (κ3) is 16.5. The van der Waals surface area contributed by atoms with Gasteiger partial charge in [-0.1, -0.05) is 0 Å². The molecule has 8 N–H and O–H groups in total. The topological polar surface area (TPSA) is 260 Å². The van der Waals surface area contributed by atoms with E-state index in [1.54, 1.807) is 6.92 Å². The van der Waals surface area contributed by atoms with E-state index in [-0.39, 0.29) is 53.8 Å². The molecule has 0 saturated heterocycles. The van der Waals surface area contributed by atoms with E-state index in [4.69, 9.17) is 40.9 Å². The number of nitrogens with two attached hydrogens (primary N) is 2. The number of amides is 1. The zero-order chi connectivity index (χ0) is 21.8. The van der Waals surface area contributed by atoms with Crippen LogP contribution in [0.4, 0.5) is 0 Å². The Morgan fingerprint density at radius 1 is 1.39 bits per heavy atom. The summed E-state index contributed by atoms with van der Waals surface area (Å²) in [5.41, 5.74) is 10.7. The number of hydrogen-bond donors (Lipinski definition) is 6. The average Bonchev–Trinajstić information content (AvgIpc) is 2.53. The summed E-state index contributed by atoms with van der Waals surface area (Å²) in [6, 6.07) is -0.979. The van der Waals surface area contributed by atoms with Gasteiger partial charge in [0.2, 0.25) is 5.91 Å². The Bertz CT molecular complexity index is 689. The number of hydrogen-bond acceptors (Lipinski definition) is 10. The second kappa shape index (κ2) is 15.3. The first kappa shape index (κ1) is 31.1. The Balaban J connectivity index is -0.000000356. The van der Waals surface area contributed by atoms with E-state index in [1.165, 1.54) is 6.20 Å². The van der Waals surface area contributed by atoms with E-state index >= 15 is 0 Å². The van der Waals surface area contributed by atoms with Gasteiger partial charge in [0.05, 0.1) is 25.7 Å². The van der Waals surface area contributed by atoms with E-state index in [2.05, 4.69) is 4.98 Å². The van der Waals surface area contributed by atoms with Crippen LogP contribution in [0.1, 0.15) is 34.5 Å². The van der Waals surface area contributed by atoms with Crippen molar-refractivity contribution in [3.8, 4) is 5.75 Å². The summed E-state index contributed by atoms with van der Waals surface area (Å²) >= 11 is 0. The van der Waals surface area contributed by atoms with Crippen molar-refractivity contribution in [1.29, 1.82) is 0 Å². The van der Waals surface area contributed by atoms with Gasteiger partial charge in [-0.15, -0.1) is 0 Å². The molecule has 0 radical (unpaired) electrons. The molecule has 1 atom stereocenters. The second-order valence-corrected chi connectivity index (χ2v) is 5.76. The van der Waals surface area contributed by atoms with Crippen molar-refractivity contribution in [2.75, 3.05) is 0 Å². The largest absolute Gasteiger partial charge is 2.00 e. The molecule has 15 heteroatoms. The summed E-state index contributed by atoms with van der Waals surface area (Å²) in [4.78, 5) is 58.7. The fourth-order valence-corrected chi connectivity index (χ4v) is 1.33. The second-order valence-electron chi connectivity index (χ2n) is 4.83. The van der Waals surface area contributed by atoms with Gasteiger partial charge in [0.25, 0.3) is 0 Å². The number of pyridine rings is 1. The van der Waals surface area contributed by atoms with Gasteiger partial charge in [-0.3, -0.25) is 19.4 Å². The van der Waals surface area contributed by atoms with Crippen LogP contribution in [0.5, 0.6) is 5.75 Å². The SMILES string of the molecule is Cc1ncc(CO)c(C=O)c1O.NC(=O)CCC(N)C(=O)O.O=P([O-])([O-])O.[Mg+2]. The molecule has 0 fully saturated rings. The van der Waals surface area contributed by atoms with Gasteiger partial charge in [0.15, 0.2) is 6.29 Å². The molecule has 13 nitrogen and oxygen atoms in total. The molecule has 1 rings (SSSR count). The van der Waals surface area contributed by atoms with Crippen molar-refractivity contribution in [2.24, 2.45) is 11.5 Å². The summed E-state index contributed by atoms with van der Waals surface area (Å²) in [5.74, 6) is -1.80. The number of nitrogens with zero attached hydrogens (tertiary/aromatic N) is 1. The molecule has 0 spiro atoms. The molecule has 0 aliphatic heterocycles. The zero-order valence-electron chi connectivity index (χ0n) is 14.8. The molecule has 0 aromatic carbocycles. The molecule has 28 heavy (non-hydrogen) atoms. The average molecular weight is 434 g/mol. The van der Waals surface area contributed by atoms with Gasteiger partial charge >= 0.3 is 29.0 Å². The van der Waals surface area contributed by atoms with Gasteiger partial charge in [-0.05, 0) is 13.3 Å². The quantitative estimate of drug-likeness (QED) is 0.145. The third-order valence-corrected chi connectivity index (χ3v) is 2.66. The molecule has 0 saturated carbocycles. The van der Waals surface area contributed by atoms with Crippen molar-refractivity contribution in [1.82, 2.24) is 4.98 Å². The molecule has 1 unspecified atom stereocenters. The van der Waals surface area contributed by atoms with Crippen LogP contribution >= 0.6 is 7.82 Å². The molecule has 0 aliphatic rings. The first-order valence-corrected chi connectivity index (χ1v) is 8.49. The van der Waals surface area contributed by atoms with E-state index in [9.17, 15) is 19.5 Å². The molecule has 1 aromatic heterocycles. The number of primary amides is 1. The minimum absolute atomic E-state index is 0. The van der Waals surface area contributed by atoms with Gasteiger partial charge in [0.1, 0.15) is 11.8 Å². The fraction of sp³-hybridized carbons (Fsp3) is 0.385. The van der Waals surface area contributed by atoms with Crippen LogP contribution in [0.3, 0.4) is 0 Å². The number of aliphatic hydroxyl groups is 1. The Hall–Kier alpha value is -1.64. The summed E-state index contributed by atoms with van der Waals surface area (Å²) in [5, 5.41) is 26.3. The minimum Gasteiger partial charge on any atom is -0.790 e. The van der Waals surface area contributed by atoms with Crippen LogP contribution in [0, 0.1) is 6.92 Å². The van der Waals surface area contributed by atoms with Gasteiger partial charge in [-0.2, -0.15) is 0 Å². The van der Waals surface area contributed by atoms with E-state index in [0.717, 1.165) is 0 Å². The molecule has 1 amide bonds. The third-order valence-electron chi connectivity index (χ3n) is 2.66. The van der Waals surface area contributed by atoms with E-state index < -0.39 is 25.7 Å². The summed E-state index contributed by atoms with van der Waals surface area (Å²) in [6.07, 6.45) is 2.01. The fourth-order valence-electron chi connectivity index (χ4n) is 1.33. The van der Waals surface area contributed by atoms with Crippen molar-refractivity contribution in [3.05, 3.63) is 23.0 Å². The molecule has 0 bridgehead atoms. The molecular weight excluding hydrogens is 413 g/mol. The smallest absolute Gasteiger partial charge is 0.790 e. The maximum absolute atomic E-state index is 10.5. The standard InChI is InChI=1S/C8H9NO3.C5H10N2O3.Mg.H3O4P/c1-5-8(12)7(4-11)6(3-10)2-9-5;6-3(5(9)10)1-2-4(7)8;;1-5(2,3)4/h2,4,10,12H,3H2,1H3;3H,1-2,6H2,(H2,7,8)(H,9,10);;(H3,1,2,3,4)/q;;+2;/p-2. The maximum atomic E-state index is 10.5. The number of carboxylic acid groups (broad SMARTS) is 1. The number of aliphatic hydroxyl groups excluding tert-OH is 1. The van der Waals surface area contributed by atoms with E-state index in [1.807, 2.05) is 0 Å². The van der Waals surface area contributed by atoms with E-state index in [0.29, 0.717) is 17.5 Å². The predicted octanol–water partition coefficient (Wildman–Crippen LogP) is -3.51.